The molecular formula is C16H27N5O2. The second-order valence-electron chi connectivity index (χ2n) is 6.83. The Morgan fingerprint density at radius 2 is 1.96 bits per heavy atom. The Balaban J connectivity index is 1.53. The lowest BCUT2D eigenvalue weighted by Gasteiger charge is -2.43. The zero-order valence-corrected chi connectivity index (χ0v) is 14.4. The number of piperidine rings is 1. The van der Waals surface area contributed by atoms with E-state index in [0.717, 1.165) is 57.9 Å². The van der Waals surface area contributed by atoms with Gasteiger partial charge < -0.3 is 9.42 Å². The van der Waals surface area contributed by atoms with Crippen molar-refractivity contribution in [3.05, 3.63) is 11.7 Å². The first-order valence-electron chi connectivity index (χ1n) is 8.60. The Kier molecular flexibility index (Phi) is 4.96. The molecule has 0 spiro atoms. The molecule has 3 rings (SSSR count). The fourth-order valence-electron chi connectivity index (χ4n) is 3.57. The molecule has 0 unspecified atom stereocenters. The van der Waals surface area contributed by atoms with Crippen molar-refractivity contribution in [2.45, 2.75) is 52.2 Å². The van der Waals surface area contributed by atoms with Crippen LogP contribution < -0.4 is 0 Å². The van der Waals surface area contributed by atoms with Gasteiger partial charge in [-0.1, -0.05) is 5.16 Å². The van der Waals surface area contributed by atoms with E-state index in [9.17, 15) is 4.79 Å². The number of hydrogen-bond donors (Lipinski definition) is 0. The summed E-state index contributed by atoms with van der Waals surface area (Å²) in [5, 5.41) is 3.96. The summed E-state index contributed by atoms with van der Waals surface area (Å²) in [6, 6.07) is 0.369. The molecule has 2 saturated heterocycles. The summed E-state index contributed by atoms with van der Waals surface area (Å²) in [7, 11) is 0. The molecule has 2 aliphatic heterocycles. The summed E-state index contributed by atoms with van der Waals surface area (Å²) < 4.78 is 5.02. The fraction of sp³-hybridized carbons (Fsp3) is 0.812. The fourth-order valence-corrected chi connectivity index (χ4v) is 3.57. The van der Waals surface area contributed by atoms with E-state index < -0.39 is 0 Å². The van der Waals surface area contributed by atoms with Crippen LogP contribution in [0.2, 0.25) is 0 Å². The minimum atomic E-state index is 0.0701. The van der Waals surface area contributed by atoms with Crippen LogP contribution in [0.25, 0.3) is 0 Å². The number of amides is 1. The zero-order valence-electron chi connectivity index (χ0n) is 14.4. The minimum absolute atomic E-state index is 0.0701. The van der Waals surface area contributed by atoms with Gasteiger partial charge in [0.05, 0.1) is 12.6 Å². The summed E-state index contributed by atoms with van der Waals surface area (Å²) in [6.07, 6.45) is 2.10. The van der Waals surface area contributed by atoms with Gasteiger partial charge in [-0.2, -0.15) is 4.98 Å². The Morgan fingerprint density at radius 1 is 1.22 bits per heavy atom. The monoisotopic (exact) mass is 321 g/mol. The second kappa shape index (κ2) is 6.97. The quantitative estimate of drug-likeness (QED) is 0.821. The van der Waals surface area contributed by atoms with Gasteiger partial charge in [-0.3, -0.25) is 14.6 Å². The number of hydrogen-bond acceptors (Lipinski definition) is 6. The van der Waals surface area contributed by atoms with E-state index in [4.69, 9.17) is 4.52 Å². The summed E-state index contributed by atoms with van der Waals surface area (Å²) in [4.78, 5) is 23.7. The maximum atomic E-state index is 12.7. The summed E-state index contributed by atoms with van der Waals surface area (Å²) in [5.74, 6) is 1.67. The lowest BCUT2D eigenvalue weighted by atomic mass is 10.0. The van der Waals surface area contributed by atoms with Crippen molar-refractivity contribution in [1.82, 2.24) is 24.8 Å². The van der Waals surface area contributed by atoms with Gasteiger partial charge in [0.25, 0.3) is 0 Å². The first-order chi connectivity index (χ1) is 11.0. The molecule has 2 aliphatic rings. The molecule has 1 amide bonds. The first-order valence-corrected chi connectivity index (χ1v) is 8.60. The molecule has 7 heteroatoms. The number of carbonyl (C=O) groups is 1. The van der Waals surface area contributed by atoms with Crippen molar-refractivity contribution < 1.29 is 9.32 Å². The minimum Gasteiger partial charge on any atom is -0.340 e. The van der Waals surface area contributed by atoms with E-state index in [-0.39, 0.29) is 6.04 Å². The Labute approximate surface area is 137 Å². The molecule has 0 radical (unpaired) electrons. The van der Waals surface area contributed by atoms with Crippen LogP contribution in [0, 0.1) is 6.92 Å². The van der Waals surface area contributed by atoms with Crippen LogP contribution in [0.1, 0.15) is 38.4 Å². The third kappa shape index (κ3) is 3.72. The molecule has 0 aliphatic carbocycles. The maximum absolute atomic E-state index is 12.7. The second-order valence-corrected chi connectivity index (χ2v) is 6.83. The number of nitrogens with zero attached hydrogens (tertiary/aromatic N) is 5. The van der Waals surface area contributed by atoms with Gasteiger partial charge in [-0.25, -0.2) is 0 Å². The number of aryl methyl sites for hydroxylation is 1. The lowest BCUT2D eigenvalue weighted by molar-refractivity contribution is -0.143. The number of piperazine rings is 1. The van der Waals surface area contributed by atoms with E-state index >= 15 is 0 Å². The molecular weight excluding hydrogens is 294 g/mol. The lowest BCUT2D eigenvalue weighted by Crippen LogP contribution is -2.58. The van der Waals surface area contributed by atoms with Crippen LogP contribution in [-0.4, -0.2) is 75.6 Å². The molecule has 2 fully saturated rings. The van der Waals surface area contributed by atoms with Gasteiger partial charge in [0, 0.05) is 45.7 Å². The average Bonchev–Trinajstić information content (AvgIpc) is 2.93. The van der Waals surface area contributed by atoms with Crippen LogP contribution in [-0.2, 0) is 11.3 Å². The molecule has 0 N–H and O–H groups in total. The number of carbonyl (C=O) groups excluding carboxylic acids is 1. The van der Waals surface area contributed by atoms with Gasteiger partial charge >= 0.3 is 0 Å². The topological polar surface area (TPSA) is 65.7 Å². The van der Waals surface area contributed by atoms with Crippen molar-refractivity contribution in [3.63, 3.8) is 0 Å². The van der Waals surface area contributed by atoms with E-state index in [0.29, 0.717) is 17.8 Å². The van der Waals surface area contributed by atoms with E-state index in [1.807, 2.05) is 11.8 Å². The third-order valence-corrected chi connectivity index (χ3v) is 4.85. The number of likely N-dealkylation sites (tertiary alicyclic amines) is 1. The van der Waals surface area contributed by atoms with Gasteiger partial charge in [-0.15, -0.1) is 0 Å². The predicted octanol–water partition coefficient (Wildman–Crippen LogP) is 0.895. The molecule has 3 heterocycles. The Bertz CT molecular complexity index is 536. The Morgan fingerprint density at radius 3 is 2.57 bits per heavy atom. The van der Waals surface area contributed by atoms with Crippen molar-refractivity contribution >= 4 is 5.91 Å². The largest absolute Gasteiger partial charge is 0.340 e. The molecule has 0 bridgehead atoms. The highest BCUT2D eigenvalue weighted by Crippen LogP contribution is 2.21. The molecule has 7 nitrogen and oxygen atoms in total. The van der Waals surface area contributed by atoms with E-state index in [1.54, 1.807) is 0 Å². The van der Waals surface area contributed by atoms with Crippen molar-refractivity contribution in [2.75, 3.05) is 32.7 Å². The van der Waals surface area contributed by atoms with Gasteiger partial charge in [0.2, 0.25) is 11.8 Å². The van der Waals surface area contributed by atoms with Gasteiger partial charge in [0.15, 0.2) is 5.82 Å². The first kappa shape index (κ1) is 16.4. The number of aromatic nitrogens is 2. The molecule has 0 aromatic carbocycles. The molecule has 0 saturated carbocycles. The van der Waals surface area contributed by atoms with Crippen LogP contribution in [0.4, 0.5) is 0 Å². The highest BCUT2D eigenvalue weighted by molar-refractivity contribution is 5.82. The summed E-state index contributed by atoms with van der Waals surface area (Å²) in [5.41, 5.74) is 0. The zero-order chi connectivity index (χ0) is 16.4. The summed E-state index contributed by atoms with van der Waals surface area (Å²) >= 11 is 0. The Hall–Kier alpha value is -1.47. The maximum Gasteiger partial charge on any atom is 0.240 e. The average molecular weight is 321 g/mol. The van der Waals surface area contributed by atoms with Crippen LogP contribution in [0.3, 0.4) is 0 Å². The third-order valence-electron chi connectivity index (χ3n) is 4.85. The highest BCUT2D eigenvalue weighted by Gasteiger charge is 2.35. The van der Waals surface area contributed by atoms with E-state index in [1.165, 1.54) is 0 Å². The molecule has 1 aromatic heterocycles. The van der Waals surface area contributed by atoms with Crippen molar-refractivity contribution in [3.8, 4) is 0 Å². The smallest absolute Gasteiger partial charge is 0.240 e. The predicted molar refractivity (Wildman–Crippen MR) is 85.8 cm³/mol. The van der Waals surface area contributed by atoms with Crippen LogP contribution in [0.15, 0.2) is 4.52 Å². The van der Waals surface area contributed by atoms with Gasteiger partial charge in [0.1, 0.15) is 0 Å². The molecule has 1 aromatic rings. The normalized spacial score (nSPS) is 24.6. The highest BCUT2D eigenvalue weighted by atomic mass is 16.5. The SMILES string of the molecule is Cc1nc(CN2CCN([C@H]3CCCN(C(C)C)C3=O)CC2)no1. The van der Waals surface area contributed by atoms with Crippen LogP contribution >= 0.6 is 0 Å². The number of rotatable bonds is 4. The van der Waals surface area contributed by atoms with Gasteiger partial charge in [-0.05, 0) is 26.7 Å². The van der Waals surface area contributed by atoms with Crippen LogP contribution in [0.5, 0.6) is 0 Å². The standard InChI is InChI=1S/C16H27N5O2/c1-12(2)21-6-4-5-14(16(21)22)20-9-7-19(8-10-20)11-15-17-13(3)23-18-15/h12,14H,4-11H2,1-3H3/t14-/m0/s1. The van der Waals surface area contributed by atoms with E-state index in [2.05, 4.69) is 33.8 Å². The summed E-state index contributed by atoms with van der Waals surface area (Å²) in [6.45, 7) is 11.4. The van der Waals surface area contributed by atoms with Crippen molar-refractivity contribution in [2.24, 2.45) is 0 Å². The molecule has 128 valence electrons. The van der Waals surface area contributed by atoms with Crippen molar-refractivity contribution in [1.29, 1.82) is 0 Å². The molecule has 1 atom stereocenters. The molecule has 23 heavy (non-hydrogen) atoms.